The van der Waals surface area contributed by atoms with Crippen molar-refractivity contribution in [2.24, 2.45) is 5.73 Å². The van der Waals surface area contributed by atoms with Crippen molar-refractivity contribution in [3.8, 4) is 0 Å². The fourth-order valence-corrected chi connectivity index (χ4v) is 1.13. The number of Topliss-reactive ketones (excluding diaryl/α,β-unsaturated/α-hetero) is 2. The molecule has 0 saturated carbocycles. The molecule has 0 aliphatic carbocycles. The zero-order valence-corrected chi connectivity index (χ0v) is 9.62. The van der Waals surface area contributed by atoms with E-state index in [1.165, 1.54) is 6.92 Å². The highest BCUT2D eigenvalue weighted by Crippen LogP contribution is 1.98. The number of hydrogen-bond acceptors (Lipinski definition) is 4. The third-order valence-electron chi connectivity index (χ3n) is 2.29. The molecule has 0 aromatic rings. The summed E-state index contributed by atoms with van der Waals surface area (Å²) in [5.41, 5.74) is 5.54. The Bertz CT molecular complexity index is 249. The van der Waals surface area contributed by atoms with E-state index in [2.05, 4.69) is 5.32 Å². The van der Waals surface area contributed by atoms with E-state index in [1.54, 1.807) is 14.0 Å². The van der Waals surface area contributed by atoms with E-state index in [0.717, 1.165) is 0 Å². The first-order valence-electron chi connectivity index (χ1n) is 5.07. The smallest absolute Gasteiger partial charge is 0.146 e. The second-order valence-corrected chi connectivity index (χ2v) is 3.61. The molecular formula is C11H20N2O2. The van der Waals surface area contributed by atoms with Gasteiger partial charge in [0.05, 0.1) is 12.1 Å². The lowest BCUT2D eigenvalue weighted by atomic mass is 10.1. The van der Waals surface area contributed by atoms with E-state index in [0.29, 0.717) is 12.8 Å². The Balaban J connectivity index is 3.88. The van der Waals surface area contributed by atoms with Crippen LogP contribution in [0.1, 0.15) is 26.7 Å². The summed E-state index contributed by atoms with van der Waals surface area (Å²) in [6, 6.07) is -0.568. The van der Waals surface area contributed by atoms with Crippen molar-refractivity contribution in [3.05, 3.63) is 12.2 Å². The maximum absolute atomic E-state index is 11.0. The molecule has 0 unspecified atom stereocenters. The van der Waals surface area contributed by atoms with Gasteiger partial charge in [-0.2, -0.15) is 0 Å². The Hall–Kier alpha value is -1.00. The van der Waals surface area contributed by atoms with E-state index in [1.807, 2.05) is 12.2 Å². The zero-order chi connectivity index (χ0) is 11.8. The molecule has 0 aromatic heterocycles. The molecule has 0 saturated heterocycles. The molecule has 0 radical (unpaired) electrons. The summed E-state index contributed by atoms with van der Waals surface area (Å²) >= 11 is 0. The van der Waals surface area contributed by atoms with Gasteiger partial charge in [0.15, 0.2) is 0 Å². The zero-order valence-electron chi connectivity index (χ0n) is 9.62. The fraction of sp³-hybridized carbons (Fsp3) is 0.636. The van der Waals surface area contributed by atoms with Gasteiger partial charge >= 0.3 is 0 Å². The maximum atomic E-state index is 11.0. The quantitative estimate of drug-likeness (QED) is 0.600. The molecule has 0 bridgehead atoms. The third kappa shape index (κ3) is 6.14. The highest BCUT2D eigenvalue weighted by molar-refractivity contribution is 5.82. The molecule has 4 nitrogen and oxygen atoms in total. The van der Waals surface area contributed by atoms with Crippen molar-refractivity contribution in [2.45, 2.75) is 38.8 Å². The van der Waals surface area contributed by atoms with Gasteiger partial charge in [-0.15, -0.1) is 0 Å². The molecule has 15 heavy (non-hydrogen) atoms. The van der Waals surface area contributed by atoms with Gasteiger partial charge in [0.25, 0.3) is 0 Å². The lowest BCUT2D eigenvalue weighted by molar-refractivity contribution is -0.119. The molecule has 0 aliphatic heterocycles. The van der Waals surface area contributed by atoms with Crippen LogP contribution in [0.15, 0.2) is 12.2 Å². The number of nitrogens with two attached hydrogens (primary N) is 1. The average molecular weight is 212 g/mol. The predicted molar refractivity (Wildman–Crippen MR) is 60.6 cm³/mol. The van der Waals surface area contributed by atoms with Crippen LogP contribution in [0.2, 0.25) is 0 Å². The molecule has 0 heterocycles. The van der Waals surface area contributed by atoms with Gasteiger partial charge in [-0.25, -0.2) is 0 Å². The van der Waals surface area contributed by atoms with Crippen LogP contribution in [0.5, 0.6) is 0 Å². The Morgan fingerprint density at radius 3 is 2.13 bits per heavy atom. The summed E-state index contributed by atoms with van der Waals surface area (Å²) in [6.07, 6.45) is 4.89. The molecule has 0 amide bonds. The van der Waals surface area contributed by atoms with E-state index >= 15 is 0 Å². The van der Waals surface area contributed by atoms with Crippen LogP contribution in [-0.2, 0) is 9.59 Å². The van der Waals surface area contributed by atoms with Crippen molar-refractivity contribution in [2.75, 3.05) is 7.05 Å². The lowest BCUT2D eigenvalue weighted by Crippen LogP contribution is -2.31. The SMILES string of the molecule is CN[C@@H](C/C=C/C[C@@H](N)C(C)=O)C(C)=O. The lowest BCUT2D eigenvalue weighted by Gasteiger charge is -2.09. The van der Waals surface area contributed by atoms with Crippen LogP contribution in [0.25, 0.3) is 0 Å². The standard InChI is InChI=1S/C11H20N2O2/c1-8(14)10(12)6-4-5-7-11(13-3)9(2)15/h4-5,10-11,13H,6-7,12H2,1-3H3/b5-4+/t10-,11+/m1/s1. The van der Waals surface area contributed by atoms with Crippen LogP contribution >= 0.6 is 0 Å². The Morgan fingerprint density at radius 2 is 1.73 bits per heavy atom. The maximum Gasteiger partial charge on any atom is 0.146 e. The molecule has 0 spiro atoms. The summed E-state index contributed by atoms with van der Waals surface area (Å²) in [4.78, 5) is 21.8. The first kappa shape index (κ1) is 14.0. The number of rotatable bonds is 7. The average Bonchev–Trinajstić information content (AvgIpc) is 2.16. The number of hydrogen-bond donors (Lipinski definition) is 2. The minimum atomic E-state index is -0.424. The fourth-order valence-electron chi connectivity index (χ4n) is 1.13. The normalized spacial score (nSPS) is 15.2. The van der Waals surface area contributed by atoms with Gasteiger partial charge < -0.3 is 11.1 Å². The van der Waals surface area contributed by atoms with Crippen LogP contribution in [0, 0.1) is 0 Å². The Morgan fingerprint density at radius 1 is 1.20 bits per heavy atom. The van der Waals surface area contributed by atoms with Gasteiger partial charge in [-0.1, -0.05) is 12.2 Å². The molecule has 0 aromatic carbocycles. The van der Waals surface area contributed by atoms with Crippen LogP contribution < -0.4 is 11.1 Å². The monoisotopic (exact) mass is 212 g/mol. The third-order valence-corrected chi connectivity index (χ3v) is 2.29. The Labute approximate surface area is 90.9 Å². The molecule has 2 atom stereocenters. The predicted octanol–water partition coefficient (Wildman–Crippen LogP) is 0.416. The topological polar surface area (TPSA) is 72.2 Å². The van der Waals surface area contributed by atoms with Crippen molar-refractivity contribution in [3.63, 3.8) is 0 Å². The summed E-state index contributed by atoms with van der Waals surface area (Å²) in [5.74, 6) is 0.0920. The highest BCUT2D eigenvalue weighted by Gasteiger charge is 2.09. The largest absolute Gasteiger partial charge is 0.321 e. The molecule has 4 heteroatoms. The van der Waals surface area contributed by atoms with Gasteiger partial charge in [0.1, 0.15) is 11.6 Å². The van der Waals surface area contributed by atoms with Crippen LogP contribution in [0.4, 0.5) is 0 Å². The van der Waals surface area contributed by atoms with Crippen molar-refractivity contribution >= 4 is 11.6 Å². The summed E-state index contributed by atoms with van der Waals surface area (Å²) < 4.78 is 0. The van der Waals surface area contributed by atoms with E-state index in [9.17, 15) is 9.59 Å². The highest BCUT2D eigenvalue weighted by atomic mass is 16.1. The molecule has 86 valence electrons. The van der Waals surface area contributed by atoms with Crippen molar-refractivity contribution < 1.29 is 9.59 Å². The summed E-state index contributed by atoms with van der Waals surface area (Å²) in [5, 5.41) is 2.91. The number of ketones is 2. The van der Waals surface area contributed by atoms with E-state index < -0.39 is 6.04 Å². The van der Waals surface area contributed by atoms with E-state index in [4.69, 9.17) is 5.73 Å². The molecule has 0 aliphatic rings. The first-order chi connectivity index (χ1) is 6.99. The van der Waals surface area contributed by atoms with Gasteiger partial charge in [-0.05, 0) is 33.7 Å². The Kier molecular flexibility index (Phi) is 6.83. The van der Waals surface area contributed by atoms with Crippen molar-refractivity contribution in [1.29, 1.82) is 0 Å². The first-order valence-corrected chi connectivity index (χ1v) is 5.07. The minimum Gasteiger partial charge on any atom is -0.321 e. The number of nitrogens with one attached hydrogen (secondary N) is 1. The molecule has 3 N–H and O–H groups in total. The molecule has 0 rings (SSSR count). The number of carbonyl (C=O) groups is 2. The minimum absolute atomic E-state index is 0.0172. The van der Waals surface area contributed by atoms with Gasteiger partial charge in [0, 0.05) is 0 Å². The summed E-state index contributed by atoms with van der Waals surface area (Å²) in [6.45, 7) is 3.03. The molecular weight excluding hydrogens is 192 g/mol. The van der Waals surface area contributed by atoms with Gasteiger partial charge in [-0.3, -0.25) is 9.59 Å². The van der Waals surface area contributed by atoms with Crippen LogP contribution in [0.3, 0.4) is 0 Å². The second-order valence-electron chi connectivity index (χ2n) is 3.61. The summed E-state index contributed by atoms with van der Waals surface area (Å²) in [7, 11) is 1.75. The van der Waals surface area contributed by atoms with Gasteiger partial charge in [0.2, 0.25) is 0 Å². The van der Waals surface area contributed by atoms with Crippen LogP contribution in [-0.4, -0.2) is 30.7 Å². The van der Waals surface area contributed by atoms with E-state index in [-0.39, 0.29) is 17.6 Å². The molecule has 0 fully saturated rings. The number of likely N-dealkylation sites (N-methyl/N-ethyl adjacent to an activating group) is 1. The van der Waals surface area contributed by atoms with Crippen molar-refractivity contribution in [1.82, 2.24) is 5.32 Å². The number of carbonyl (C=O) groups excluding carboxylic acids is 2. The second kappa shape index (κ2) is 7.31.